The van der Waals surface area contributed by atoms with Crippen molar-refractivity contribution in [3.63, 3.8) is 0 Å². The van der Waals surface area contributed by atoms with Crippen molar-refractivity contribution in [1.82, 2.24) is 4.98 Å². The smallest absolute Gasteiger partial charge is 0.366 e. The average molecular weight is 321 g/mol. The molecule has 0 amide bonds. The molecular formula is C19H15NO4. The van der Waals surface area contributed by atoms with Crippen LogP contribution in [0.4, 0.5) is 0 Å². The number of benzene rings is 2. The largest absolute Gasteiger partial charge is 0.488 e. The van der Waals surface area contributed by atoms with E-state index in [0.29, 0.717) is 29.4 Å². The highest BCUT2D eigenvalue weighted by molar-refractivity contribution is 6.00. The van der Waals surface area contributed by atoms with Gasteiger partial charge in [-0.15, -0.1) is 0 Å². The fourth-order valence-corrected chi connectivity index (χ4v) is 2.76. The summed E-state index contributed by atoms with van der Waals surface area (Å²) in [6.07, 6.45) is 0. The van der Waals surface area contributed by atoms with Crippen molar-refractivity contribution in [3.8, 4) is 5.75 Å². The number of ether oxygens (including phenoxy) is 1. The minimum atomic E-state index is -0.502. The lowest BCUT2D eigenvalue weighted by Crippen LogP contribution is -2.02. The predicted molar refractivity (Wildman–Crippen MR) is 90.3 cm³/mol. The van der Waals surface area contributed by atoms with Crippen molar-refractivity contribution in [3.05, 3.63) is 69.9 Å². The van der Waals surface area contributed by atoms with Gasteiger partial charge in [-0.2, -0.15) is 0 Å². The van der Waals surface area contributed by atoms with E-state index in [1.807, 2.05) is 49.4 Å². The fourth-order valence-electron chi connectivity index (χ4n) is 2.76. The lowest BCUT2D eigenvalue weighted by atomic mass is 10.1. The van der Waals surface area contributed by atoms with Gasteiger partial charge in [0.05, 0.1) is 5.39 Å². The van der Waals surface area contributed by atoms with Crippen LogP contribution in [0.3, 0.4) is 0 Å². The van der Waals surface area contributed by atoms with E-state index in [2.05, 4.69) is 4.98 Å². The first kappa shape index (κ1) is 14.5. The summed E-state index contributed by atoms with van der Waals surface area (Å²) in [6, 6.07) is 13.6. The summed E-state index contributed by atoms with van der Waals surface area (Å²) < 4.78 is 16.9. The van der Waals surface area contributed by atoms with E-state index in [0.717, 1.165) is 16.5 Å². The maximum atomic E-state index is 12.1. The standard InChI is InChI=1S/C19H15NO4/c1-11-15(22-10-13-6-4-3-5-7-13)9-8-14-17(11)24-19(21)16-18(14)23-12(2)20-16/h3-9H,10H2,1-2H3. The van der Waals surface area contributed by atoms with Crippen molar-refractivity contribution >= 4 is 22.1 Å². The number of rotatable bonds is 3. The van der Waals surface area contributed by atoms with Crippen LogP contribution in [0.15, 0.2) is 56.1 Å². The summed E-state index contributed by atoms with van der Waals surface area (Å²) in [7, 11) is 0. The Kier molecular flexibility index (Phi) is 3.34. The van der Waals surface area contributed by atoms with Crippen LogP contribution in [0, 0.1) is 13.8 Å². The van der Waals surface area contributed by atoms with Gasteiger partial charge in [-0.1, -0.05) is 30.3 Å². The molecule has 0 bridgehead atoms. The Morgan fingerprint density at radius 2 is 1.79 bits per heavy atom. The normalized spacial score (nSPS) is 11.2. The number of hydrogen-bond acceptors (Lipinski definition) is 5. The Labute approximate surface area is 137 Å². The van der Waals surface area contributed by atoms with Gasteiger partial charge in [-0.3, -0.25) is 0 Å². The molecule has 2 heterocycles. The first-order valence-corrected chi connectivity index (χ1v) is 7.64. The highest BCUT2D eigenvalue weighted by atomic mass is 16.5. The van der Waals surface area contributed by atoms with Gasteiger partial charge in [0.15, 0.2) is 17.0 Å². The second-order valence-electron chi connectivity index (χ2n) is 5.64. The van der Waals surface area contributed by atoms with E-state index in [9.17, 15) is 4.79 Å². The van der Waals surface area contributed by atoms with Crippen LogP contribution in [-0.2, 0) is 6.61 Å². The SMILES string of the molecule is Cc1nc2c(=O)oc3c(C)c(OCc4ccccc4)ccc3c2o1. The van der Waals surface area contributed by atoms with Gasteiger partial charge in [-0.05, 0) is 24.6 Å². The Balaban J connectivity index is 1.80. The monoisotopic (exact) mass is 321 g/mol. The molecule has 0 radical (unpaired) electrons. The summed E-state index contributed by atoms with van der Waals surface area (Å²) in [5.74, 6) is 1.11. The molecule has 0 atom stereocenters. The van der Waals surface area contributed by atoms with Crippen LogP contribution < -0.4 is 10.4 Å². The summed E-state index contributed by atoms with van der Waals surface area (Å²) >= 11 is 0. The zero-order chi connectivity index (χ0) is 16.7. The molecule has 4 rings (SSSR count). The van der Waals surface area contributed by atoms with Crippen molar-refractivity contribution in [2.75, 3.05) is 0 Å². The van der Waals surface area contributed by atoms with Crippen LogP contribution in [-0.4, -0.2) is 4.98 Å². The van der Waals surface area contributed by atoms with Crippen LogP contribution in [0.5, 0.6) is 5.75 Å². The molecule has 0 fully saturated rings. The third-order valence-electron chi connectivity index (χ3n) is 3.96. The van der Waals surface area contributed by atoms with E-state index in [-0.39, 0.29) is 5.52 Å². The Hall–Kier alpha value is -3.08. The third kappa shape index (κ3) is 2.34. The highest BCUT2D eigenvalue weighted by Gasteiger charge is 2.17. The molecule has 0 unspecified atom stereocenters. The van der Waals surface area contributed by atoms with Crippen LogP contribution in [0.2, 0.25) is 0 Å². The number of aryl methyl sites for hydroxylation is 2. The van der Waals surface area contributed by atoms with E-state index < -0.39 is 5.63 Å². The molecule has 0 spiro atoms. The molecule has 0 saturated carbocycles. The second-order valence-corrected chi connectivity index (χ2v) is 5.64. The number of fused-ring (bicyclic) bond motifs is 3. The average Bonchev–Trinajstić information content (AvgIpc) is 2.98. The molecule has 24 heavy (non-hydrogen) atoms. The van der Waals surface area contributed by atoms with E-state index in [4.69, 9.17) is 13.6 Å². The van der Waals surface area contributed by atoms with E-state index in [1.54, 1.807) is 6.92 Å². The van der Waals surface area contributed by atoms with Crippen LogP contribution >= 0.6 is 0 Å². The molecule has 2 aromatic heterocycles. The van der Waals surface area contributed by atoms with Crippen LogP contribution in [0.1, 0.15) is 17.0 Å². The maximum absolute atomic E-state index is 12.1. The molecule has 0 aliphatic carbocycles. The Morgan fingerprint density at radius 1 is 1.00 bits per heavy atom. The zero-order valence-corrected chi connectivity index (χ0v) is 13.3. The van der Waals surface area contributed by atoms with Crippen LogP contribution in [0.25, 0.3) is 22.1 Å². The first-order valence-electron chi connectivity index (χ1n) is 7.64. The zero-order valence-electron chi connectivity index (χ0n) is 13.3. The first-order chi connectivity index (χ1) is 11.6. The lowest BCUT2D eigenvalue weighted by molar-refractivity contribution is 0.304. The van der Waals surface area contributed by atoms with E-state index in [1.165, 1.54) is 0 Å². The third-order valence-corrected chi connectivity index (χ3v) is 3.96. The molecular weight excluding hydrogens is 306 g/mol. The van der Waals surface area contributed by atoms with Crippen molar-refractivity contribution in [2.24, 2.45) is 0 Å². The summed E-state index contributed by atoms with van der Waals surface area (Å²) in [6.45, 7) is 4.01. The quantitative estimate of drug-likeness (QED) is 0.531. The Bertz CT molecular complexity index is 1090. The summed E-state index contributed by atoms with van der Waals surface area (Å²) in [4.78, 5) is 16.2. The minimum Gasteiger partial charge on any atom is -0.488 e. The van der Waals surface area contributed by atoms with Gasteiger partial charge < -0.3 is 13.6 Å². The topological polar surface area (TPSA) is 65.5 Å². The van der Waals surface area contributed by atoms with Gasteiger partial charge in [0.2, 0.25) is 0 Å². The van der Waals surface area contributed by atoms with E-state index >= 15 is 0 Å². The highest BCUT2D eigenvalue weighted by Crippen LogP contribution is 2.31. The molecule has 0 aliphatic heterocycles. The Morgan fingerprint density at radius 3 is 2.58 bits per heavy atom. The maximum Gasteiger partial charge on any atom is 0.366 e. The summed E-state index contributed by atoms with van der Waals surface area (Å²) in [5.41, 5.74) is 2.47. The number of hydrogen-bond donors (Lipinski definition) is 0. The van der Waals surface area contributed by atoms with Gasteiger partial charge in [0, 0.05) is 12.5 Å². The predicted octanol–water partition coefficient (Wildman–Crippen LogP) is 4.13. The molecule has 2 aromatic carbocycles. The molecule has 0 N–H and O–H groups in total. The molecule has 120 valence electrons. The number of nitrogens with zero attached hydrogens (tertiary/aromatic N) is 1. The van der Waals surface area contributed by atoms with Crippen molar-refractivity contribution in [2.45, 2.75) is 20.5 Å². The molecule has 0 aliphatic rings. The molecule has 5 heteroatoms. The number of aromatic nitrogens is 1. The van der Waals surface area contributed by atoms with Crippen molar-refractivity contribution < 1.29 is 13.6 Å². The van der Waals surface area contributed by atoms with Gasteiger partial charge in [0.1, 0.15) is 17.9 Å². The molecule has 0 saturated heterocycles. The summed E-state index contributed by atoms with van der Waals surface area (Å²) in [5, 5.41) is 0.717. The van der Waals surface area contributed by atoms with Gasteiger partial charge in [-0.25, -0.2) is 9.78 Å². The molecule has 5 nitrogen and oxygen atoms in total. The lowest BCUT2D eigenvalue weighted by Gasteiger charge is -2.10. The van der Waals surface area contributed by atoms with Crippen molar-refractivity contribution in [1.29, 1.82) is 0 Å². The second kappa shape index (κ2) is 5.53. The fraction of sp³-hybridized carbons (Fsp3) is 0.158. The number of oxazole rings is 1. The minimum absolute atomic E-state index is 0.220. The van der Waals surface area contributed by atoms with Gasteiger partial charge in [0.25, 0.3) is 0 Å². The van der Waals surface area contributed by atoms with Gasteiger partial charge >= 0.3 is 5.63 Å². The molecule has 4 aromatic rings.